The number of hydrogen-bond acceptors (Lipinski definition) is 9. The van der Waals surface area contributed by atoms with Crippen molar-refractivity contribution in [1.29, 1.82) is 0 Å². The van der Waals surface area contributed by atoms with E-state index in [2.05, 4.69) is 30.7 Å². The summed E-state index contributed by atoms with van der Waals surface area (Å²) in [7, 11) is 1.84. The summed E-state index contributed by atoms with van der Waals surface area (Å²) in [4.78, 5) is 18.4. The molecule has 5 rings (SSSR count). The number of hydrogen-bond donors (Lipinski definition) is 4. The zero-order chi connectivity index (χ0) is 26.9. The summed E-state index contributed by atoms with van der Waals surface area (Å²) < 4.78 is 1.70. The van der Waals surface area contributed by atoms with Gasteiger partial charge in [-0.1, -0.05) is 23.7 Å². The molecule has 5 N–H and O–H groups in total. The molecule has 38 heavy (non-hydrogen) atoms. The number of anilines is 3. The van der Waals surface area contributed by atoms with Gasteiger partial charge < -0.3 is 21.5 Å². The fourth-order valence-corrected chi connectivity index (χ4v) is 4.31. The van der Waals surface area contributed by atoms with Crippen molar-refractivity contribution in [1.82, 2.24) is 29.7 Å². The molecule has 0 fully saturated rings. The lowest BCUT2D eigenvalue weighted by molar-refractivity contribution is 0.0740. The highest BCUT2D eigenvalue weighted by atomic mass is 35.5. The highest BCUT2D eigenvalue weighted by Crippen LogP contribution is 2.35. The van der Waals surface area contributed by atoms with Gasteiger partial charge in [0.25, 0.3) is 0 Å². The van der Waals surface area contributed by atoms with Gasteiger partial charge in [-0.2, -0.15) is 5.10 Å². The van der Waals surface area contributed by atoms with Crippen LogP contribution in [0, 0.1) is 0 Å². The van der Waals surface area contributed by atoms with Gasteiger partial charge in [0.1, 0.15) is 28.5 Å². The highest BCUT2D eigenvalue weighted by molar-refractivity contribution is 6.35. The third-order valence-corrected chi connectivity index (χ3v) is 6.20. The standard InChI is InChI=1S/C27H28ClN9O/c1-27(2,38)20-7-4-8-21(33-20)30-11-12-32-26-25(29)34-24(19-9-13-37(3)36-19)23(35-26)17-14-16-6-5-10-31-22(16)18(28)15-17/h4-10,13-15,38H,11-12H2,1-3H3,(H2,29,34)(H,30,33)(H,32,35). The van der Waals surface area contributed by atoms with Crippen molar-refractivity contribution in [3.8, 4) is 22.6 Å². The Morgan fingerprint density at radius 2 is 1.82 bits per heavy atom. The molecule has 0 aliphatic rings. The van der Waals surface area contributed by atoms with E-state index in [4.69, 9.17) is 22.3 Å². The SMILES string of the molecule is Cn1ccc(-c2nc(N)c(NCCNc3cccc(C(C)(C)O)n3)nc2-c2cc(Cl)c3ncccc3c2)n1. The predicted octanol–water partition coefficient (Wildman–Crippen LogP) is 4.47. The Morgan fingerprint density at radius 3 is 2.58 bits per heavy atom. The first-order chi connectivity index (χ1) is 18.2. The second kappa shape index (κ2) is 10.2. The maximum absolute atomic E-state index is 10.2. The summed E-state index contributed by atoms with van der Waals surface area (Å²) in [6.07, 6.45) is 3.55. The highest BCUT2D eigenvalue weighted by Gasteiger charge is 2.19. The maximum Gasteiger partial charge on any atom is 0.169 e. The molecule has 0 saturated carbocycles. The zero-order valence-electron chi connectivity index (χ0n) is 21.3. The molecule has 0 amide bonds. The Morgan fingerprint density at radius 1 is 1.00 bits per heavy atom. The minimum absolute atomic E-state index is 0.255. The number of nitrogens with one attached hydrogen (secondary N) is 2. The summed E-state index contributed by atoms with van der Waals surface area (Å²) >= 11 is 6.58. The van der Waals surface area contributed by atoms with Gasteiger partial charge in [-0.15, -0.1) is 0 Å². The number of nitrogens with zero attached hydrogens (tertiary/aromatic N) is 6. The Kier molecular flexibility index (Phi) is 6.83. The van der Waals surface area contributed by atoms with Crippen molar-refractivity contribution in [2.24, 2.45) is 7.05 Å². The molecule has 0 aliphatic carbocycles. The summed E-state index contributed by atoms with van der Waals surface area (Å²) in [6.45, 7) is 4.44. The van der Waals surface area contributed by atoms with E-state index < -0.39 is 5.60 Å². The number of rotatable bonds is 8. The molecule has 0 saturated heterocycles. The summed E-state index contributed by atoms with van der Waals surface area (Å²) in [5.74, 6) is 1.36. The fraction of sp³-hybridized carbons (Fsp3) is 0.222. The normalized spacial score (nSPS) is 11.6. The first-order valence-electron chi connectivity index (χ1n) is 12.1. The van der Waals surface area contributed by atoms with Crippen LogP contribution in [0.3, 0.4) is 0 Å². The van der Waals surface area contributed by atoms with Gasteiger partial charge in [0.2, 0.25) is 0 Å². The maximum atomic E-state index is 10.2. The fourth-order valence-electron chi connectivity index (χ4n) is 4.03. The monoisotopic (exact) mass is 529 g/mol. The van der Waals surface area contributed by atoms with Crippen LogP contribution in [0.2, 0.25) is 5.02 Å². The number of aliphatic hydroxyl groups is 1. The number of pyridine rings is 2. The lowest BCUT2D eigenvalue weighted by Gasteiger charge is -2.17. The lowest BCUT2D eigenvalue weighted by atomic mass is 10.0. The molecule has 0 radical (unpaired) electrons. The van der Waals surface area contributed by atoms with Crippen LogP contribution in [0.4, 0.5) is 17.5 Å². The van der Waals surface area contributed by atoms with Gasteiger partial charge in [0.15, 0.2) is 11.6 Å². The molecule has 0 aliphatic heterocycles. The first-order valence-corrected chi connectivity index (χ1v) is 12.5. The lowest BCUT2D eigenvalue weighted by Crippen LogP contribution is -2.20. The van der Waals surface area contributed by atoms with Crippen LogP contribution in [0.5, 0.6) is 0 Å². The first kappa shape index (κ1) is 25.4. The van der Waals surface area contributed by atoms with Crippen LogP contribution >= 0.6 is 11.6 Å². The minimum Gasteiger partial charge on any atom is -0.384 e. The van der Waals surface area contributed by atoms with E-state index in [0.717, 1.165) is 10.9 Å². The van der Waals surface area contributed by atoms with Crippen molar-refractivity contribution < 1.29 is 5.11 Å². The molecule has 0 spiro atoms. The van der Waals surface area contributed by atoms with Crippen molar-refractivity contribution in [2.75, 3.05) is 29.5 Å². The van der Waals surface area contributed by atoms with Crippen LogP contribution in [-0.4, -0.2) is 47.9 Å². The number of nitrogen functional groups attached to an aromatic ring is 1. The molecule has 4 heterocycles. The second-order valence-corrected chi connectivity index (χ2v) is 9.79. The van der Waals surface area contributed by atoms with Crippen LogP contribution in [0.25, 0.3) is 33.5 Å². The van der Waals surface area contributed by atoms with Gasteiger partial charge in [0, 0.05) is 43.5 Å². The van der Waals surface area contributed by atoms with Crippen LogP contribution < -0.4 is 16.4 Å². The van der Waals surface area contributed by atoms with Crippen LogP contribution in [0.1, 0.15) is 19.5 Å². The molecule has 0 unspecified atom stereocenters. The summed E-state index contributed by atoms with van der Waals surface area (Å²) in [6, 6.07) is 15.0. The van der Waals surface area contributed by atoms with Crippen molar-refractivity contribution in [3.05, 3.63) is 71.6 Å². The molecule has 1 aromatic carbocycles. The quantitative estimate of drug-likeness (QED) is 0.214. The van der Waals surface area contributed by atoms with Crippen LogP contribution in [-0.2, 0) is 12.6 Å². The molecular weight excluding hydrogens is 502 g/mol. The average molecular weight is 530 g/mol. The van der Waals surface area contributed by atoms with Crippen molar-refractivity contribution >= 4 is 40.0 Å². The third-order valence-electron chi connectivity index (χ3n) is 5.91. The Labute approximate surface area is 224 Å². The minimum atomic E-state index is -1.02. The largest absolute Gasteiger partial charge is 0.384 e. The third kappa shape index (κ3) is 5.36. The summed E-state index contributed by atoms with van der Waals surface area (Å²) in [5, 5.41) is 22.7. The van der Waals surface area contributed by atoms with Gasteiger partial charge >= 0.3 is 0 Å². The van der Waals surface area contributed by atoms with Gasteiger partial charge in [-0.25, -0.2) is 15.0 Å². The number of halogens is 1. The van der Waals surface area contributed by atoms with Crippen LogP contribution in [0.15, 0.2) is 60.9 Å². The van der Waals surface area contributed by atoms with E-state index in [0.29, 0.717) is 58.0 Å². The average Bonchev–Trinajstić information content (AvgIpc) is 3.33. The Balaban J connectivity index is 1.43. The smallest absolute Gasteiger partial charge is 0.169 e. The number of nitrogens with two attached hydrogens (primary N) is 1. The molecule has 5 aromatic rings. The predicted molar refractivity (Wildman–Crippen MR) is 151 cm³/mol. The van der Waals surface area contributed by atoms with E-state index in [1.807, 2.05) is 55.7 Å². The number of aromatic nitrogens is 6. The zero-order valence-corrected chi connectivity index (χ0v) is 22.0. The van der Waals surface area contributed by atoms with Crippen molar-refractivity contribution in [2.45, 2.75) is 19.4 Å². The molecule has 10 nitrogen and oxygen atoms in total. The van der Waals surface area contributed by atoms with Crippen molar-refractivity contribution in [3.63, 3.8) is 0 Å². The molecule has 4 aromatic heterocycles. The van der Waals surface area contributed by atoms with Gasteiger partial charge in [-0.3, -0.25) is 9.67 Å². The molecular formula is C27H28ClN9O. The summed E-state index contributed by atoms with van der Waals surface area (Å²) in [5.41, 5.74) is 9.18. The van der Waals surface area contributed by atoms with Gasteiger partial charge in [0.05, 0.1) is 16.2 Å². The molecule has 0 bridgehead atoms. The van der Waals surface area contributed by atoms with E-state index in [9.17, 15) is 5.11 Å². The second-order valence-electron chi connectivity index (χ2n) is 9.38. The molecule has 0 atom stereocenters. The van der Waals surface area contributed by atoms with E-state index in [-0.39, 0.29) is 5.82 Å². The Hall–Kier alpha value is -4.28. The molecule has 11 heteroatoms. The van der Waals surface area contributed by atoms with E-state index >= 15 is 0 Å². The number of fused-ring (bicyclic) bond motifs is 1. The Bertz CT molecular complexity index is 1610. The number of benzene rings is 1. The topological polar surface area (TPSA) is 140 Å². The van der Waals surface area contributed by atoms with E-state index in [1.54, 1.807) is 30.8 Å². The number of aryl methyl sites for hydroxylation is 1. The van der Waals surface area contributed by atoms with E-state index in [1.165, 1.54) is 0 Å². The molecule has 194 valence electrons. The van der Waals surface area contributed by atoms with Gasteiger partial charge in [-0.05, 0) is 50.2 Å².